The second-order valence-electron chi connectivity index (χ2n) is 5.63. The van der Waals surface area contributed by atoms with Crippen molar-refractivity contribution >= 4 is 27.6 Å². The lowest BCUT2D eigenvalue weighted by atomic mass is 10.1. The molecule has 0 radical (unpaired) electrons. The third kappa shape index (κ3) is 3.60. The van der Waals surface area contributed by atoms with E-state index in [2.05, 4.69) is 9.97 Å². The number of carbonyl (C=O) groups excluding carboxylic acids is 1. The van der Waals surface area contributed by atoms with Crippen LogP contribution in [0.1, 0.15) is 28.7 Å². The standard InChI is InChI=1S/C18H19N3O2S/c1-13(9-11-22)21(12-14-6-3-2-4-7-14)18(23)17-20-15-8-5-10-19-16(15)24-17/h2-8,10,13,22H,9,11-12H2,1H3/t13-/m1/s1. The van der Waals surface area contributed by atoms with Crippen molar-refractivity contribution in [1.29, 1.82) is 0 Å². The second kappa shape index (κ2) is 7.51. The number of benzene rings is 1. The van der Waals surface area contributed by atoms with Gasteiger partial charge in [-0.1, -0.05) is 41.7 Å². The number of amides is 1. The van der Waals surface area contributed by atoms with Crippen molar-refractivity contribution in [3.63, 3.8) is 0 Å². The van der Waals surface area contributed by atoms with Crippen molar-refractivity contribution in [1.82, 2.24) is 14.9 Å². The number of fused-ring (bicyclic) bond motifs is 1. The molecule has 1 aromatic carbocycles. The Bertz CT molecular complexity index is 786. The average Bonchev–Trinajstić information content (AvgIpc) is 3.04. The Hall–Kier alpha value is -2.31. The van der Waals surface area contributed by atoms with E-state index in [1.165, 1.54) is 11.3 Å². The highest BCUT2D eigenvalue weighted by Gasteiger charge is 2.24. The van der Waals surface area contributed by atoms with E-state index < -0.39 is 0 Å². The van der Waals surface area contributed by atoms with E-state index in [0.717, 1.165) is 15.9 Å². The Morgan fingerprint density at radius 2 is 2.04 bits per heavy atom. The zero-order valence-corrected chi connectivity index (χ0v) is 14.2. The maximum Gasteiger partial charge on any atom is 0.283 e. The number of pyridine rings is 1. The predicted octanol–water partition coefficient (Wildman–Crippen LogP) is 3.10. The fourth-order valence-electron chi connectivity index (χ4n) is 2.53. The number of carbonyl (C=O) groups is 1. The zero-order valence-electron chi connectivity index (χ0n) is 13.4. The van der Waals surface area contributed by atoms with Gasteiger partial charge in [0.1, 0.15) is 10.3 Å². The number of nitrogens with zero attached hydrogens (tertiary/aromatic N) is 3. The maximum atomic E-state index is 13.0. The molecule has 0 spiro atoms. The summed E-state index contributed by atoms with van der Waals surface area (Å²) in [6.07, 6.45) is 2.23. The largest absolute Gasteiger partial charge is 0.396 e. The lowest BCUT2D eigenvalue weighted by molar-refractivity contribution is 0.0648. The average molecular weight is 341 g/mol. The van der Waals surface area contributed by atoms with Gasteiger partial charge in [-0.3, -0.25) is 4.79 Å². The summed E-state index contributed by atoms with van der Waals surface area (Å²) in [6.45, 7) is 2.48. The number of rotatable bonds is 6. The molecule has 0 bridgehead atoms. The first-order valence-electron chi connectivity index (χ1n) is 7.86. The van der Waals surface area contributed by atoms with E-state index in [1.807, 2.05) is 49.4 Å². The van der Waals surface area contributed by atoms with Gasteiger partial charge < -0.3 is 10.0 Å². The molecule has 0 aliphatic heterocycles. The SMILES string of the molecule is C[C@H](CCO)N(Cc1ccccc1)C(=O)c1nc2cccnc2s1. The number of hydrogen-bond acceptors (Lipinski definition) is 5. The Labute approximate surface area is 144 Å². The topological polar surface area (TPSA) is 66.3 Å². The predicted molar refractivity (Wildman–Crippen MR) is 94.9 cm³/mol. The second-order valence-corrected chi connectivity index (χ2v) is 6.60. The first kappa shape index (κ1) is 16.5. The minimum atomic E-state index is -0.122. The van der Waals surface area contributed by atoms with E-state index >= 15 is 0 Å². The third-order valence-corrected chi connectivity index (χ3v) is 4.85. The molecule has 6 heteroatoms. The molecule has 5 nitrogen and oxygen atoms in total. The molecule has 1 atom stereocenters. The molecule has 0 saturated carbocycles. The summed E-state index contributed by atoms with van der Waals surface area (Å²) in [5.41, 5.74) is 1.79. The number of aromatic nitrogens is 2. The summed E-state index contributed by atoms with van der Waals surface area (Å²) in [5, 5.41) is 9.69. The lowest BCUT2D eigenvalue weighted by Crippen LogP contribution is -2.38. The molecule has 2 heterocycles. The summed E-state index contributed by atoms with van der Waals surface area (Å²) in [5.74, 6) is -0.122. The molecule has 1 N–H and O–H groups in total. The van der Waals surface area contributed by atoms with Crippen LogP contribution in [0.5, 0.6) is 0 Å². The number of thiazole rings is 1. The lowest BCUT2D eigenvalue weighted by Gasteiger charge is -2.28. The van der Waals surface area contributed by atoms with Crippen LogP contribution in [0.3, 0.4) is 0 Å². The van der Waals surface area contributed by atoms with Crippen LogP contribution in [0.2, 0.25) is 0 Å². The molecule has 0 fully saturated rings. The molecule has 0 saturated heterocycles. The Morgan fingerprint density at radius 1 is 1.25 bits per heavy atom. The number of aliphatic hydroxyl groups is 1. The van der Waals surface area contributed by atoms with Crippen molar-refractivity contribution in [2.75, 3.05) is 6.61 Å². The molecule has 3 aromatic rings. The van der Waals surface area contributed by atoms with Gasteiger partial charge in [-0.15, -0.1) is 0 Å². The Morgan fingerprint density at radius 3 is 2.75 bits per heavy atom. The quantitative estimate of drug-likeness (QED) is 0.748. The first-order chi connectivity index (χ1) is 11.7. The van der Waals surface area contributed by atoms with Crippen LogP contribution in [0.15, 0.2) is 48.7 Å². The monoisotopic (exact) mass is 341 g/mol. The molecular weight excluding hydrogens is 322 g/mol. The van der Waals surface area contributed by atoms with Crippen molar-refractivity contribution in [3.05, 3.63) is 59.2 Å². The molecule has 124 valence electrons. The van der Waals surface area contributed by atoms with Crippen LogP contribution in [0.25, 0.3) is 10.3 Å². The fourth-order valence-corrected chi connectivity index (χ4v) is 3.40. The van der Waals surface area contributed by atoms with Gasteiger partial charge in [-0.2, -0.15) is 0 Å². The summed E-state index contributed by atoms with van der Waals surface area (Å²) in [7, 11) is 0. The number of aliphatic hydroxyl groups excluding tert-OH is 1. The van der Waals surface area contributed by atoms with Crippen molar-refractivity contribution < 1.29 is 9.90 Å². The Balaban J connectivity index is 1.89. The van der Waals surface area contributed by atoms with Crippen LogP contribution in [-0.2, 0) is 6.54 Å². The Kier molecular flexibility index (Phi) is 5.17. The molecule has 3 rings (SSSR count). The smallest absolute Gasteiger partial charge is 0.283 e. The van der Waals surface area contributed by atoms with Gasteiger partial charge in [0.2, 0.25) is 0 Å². The van der Waals surface area contributed by atoms with E-state index in [0.29, 0.717) is 18.0 Å². The van der Waals surface area contributed by atoms with E-state index in [1.54, 1.807) is 11.1 Å². The van der Waals surface area contributed by atoms with Gasteiger partial charge in [0.15, 0.2) is 5.01 Å². The summed E-state index contributed by atoms with van der Waals surface area (Å²) >= 11 is 1.30. The first-order valence-corrected chi connectivity index (χ1v) is 8.68. The van der Waals surface area contributed by atoms with E-state index in [-0.39, 0.29) is 18.6 Å². The molecule has 2 aromatic heterocycles. The molecule has 0 aliphatic carbocycles. The van der Waals surface area contributed by atoms with Crippen molar-refractivity contribution in [3.8, 4) is 0 Å². The summed E-state index contributed by atoms with van der Waals surface area (Å²) in [6, 6.07) is 13.4. The van der Waals surface area contributed by atoms with Crippen molar-refractivity contribution in [2.24, 2.45) is 0 Å². The molecule has 1 amide bonds. The molecule has 0 unspecified atom stereocenters. The molecule has 24 heavy (non-hydrogen) atoms. The van der Waals surface area contributed by atoms with Gasteiger partial charge in [0, 0.05) is 25.4 Å². The normalized spacial score (nSPS) is 12.2. The highest BCUT2D eigenvalue weighted by molar-refractivity contribution is 7.19. The maximum absolute atomic E-state index is 13.0. The van der Waals surface area contributed by atoms with Gasteiger partial charge >= 0.3 is 0 Å². The van der Waals surface area contributed by atoms with Gasteiger partial charge in [0.25, 0.3) is 5.91 Å². The van der Waals surface area contributed by atoms with Crippen LogP contribution in [0.4, 0.5) is 0 Å². The van der Waals surface area contributed by atoms with Crippen LogP contribution < -0.4 is 0 Å². The summed E-state index contributed by atoms with van der Waals surface area (Å²) in [4.78, 5) is 24.2. The minimum Gasteiger partial charge on any atom is -0.396 e. The zero-order chi connectivity index (χ0) is 16.9. The van der Waals surface area contributed by atoms with E-state index in [4.69, 9.17) is 0 Å². The van der Waals surface area contributed by atoms with E-state index in [9.17, 15) is 9.90 Å². The van der Waals surface area contributed by atoms with Gasteiger partial charge in [0.05, 0.1) is 0 Å². The fraction of sp³-hybridized carbons (Fsp3) is 0.278. The van der Waals surface area contributed by atoms with Crippen molar-refractivity contribution in [2.45, 2.75) is 25.9 Å². The van der Waals surface area contributed by atoms with Gasteiger partial charge in [-0.25, -0.2) is 9.97 Å². The minimum absolute atomic E-state index is 0.0428. The van der Waals surface area contributed by atoms with Gasteiger partial charge in [-0.05, 0) is 31.0 Å². The highest BCUT2D eigenvalue weighted by Crippen LogP contribution is 2.23. The van der Waals surface area contributed by atoms with Crippen LogP contribution in [-0.4, -0.2) is 38.5 Å². The number of hydrogen-bond donors (Lipinski definition) is 1. The molecular formula is C18H19N3O2S. The molecule has 0 aliphatic rings. The van der Waals surface area contributed by atoms with Crippen LogP contribution >= 0.6 is 11.3 Å². The van der Waals surface area contributed by atoms with Crippen LogP contribution in [0, 0.1) is 0 Å². The summed E-state index contributed by atoms with van der Waals surface area (Å²) < 4.78 is 0. The third-order valence-electron chi connectivity index (χ3n) is 3.88. The highest BCUT2D eigenvalue weighted by atomic mass is 32.1.